The van der Waals surface area contributed by atoms with Gasteiger partial charge in [0.05, 0.1) is 6.04 Å². The second-order valence-corrected chi connectivity index (χ2v) is 8.52. The quantitative estimate of drug-likeness (QED) is 0.180. The highest BCUT2D eigenvalue weighted by Gasteiger charge is 2.29. The van der Waals surface area contributed by atoms with Crippen molar-refractivity contribution < 1.29 is 24.3 Å². The molecule has 0 rings (SSSR count). The molecule has 0 aromatic carbocycles. The molecule has 11 heteroatoms. The van der Waals surface area contributed by atoms with Gasteiger partial charge in [0.15, 0.2) is 0 Å². The van der Waals surface area contributed by atoms with Gasteiger partial charge in [-0.15, -0.1) is 0 Å². The van der Waals surface area contributed by atoms with E-state index in [9.17, 15) is 24.3 Å². The fourth-order valence-electron chi connectivity index (χ4n) is 2.59. The Morgan fingerprint density at radius 2 is 1.57 bits per heavy atom. The average molecular weight is 448 g/mol. The van der Waals surface area contributed by atoms with Crippen molar-refractivity contribution in [1.29, 1.82) is 0 Å². The van der Waals surface area contributed by atoms with Crippen LogP contribution in [-0.2, 0) is 19.2 Å². The second kappa shape index (κ2) is 15.0. The van der Waals surface area contributed by atoms with Crippen molar-refractivity contribution in [2.75, 3.05) is 18.6 Å². The Morgan fingerprint density at radius 1 is 0.933 bits per heavy atom. The molecule has 3 amide bonds. The smallest absolute Gasteiger partial charge is 0.326 e. The third-order valence-corrected chi connectivity index (χ3v) is 5.17. The molecule has 0 aliphatic rings. The molecule has 0 bridgehead atoms. The number of carboxylic acids is 1. The van der Waals surface area contributed by atoms with E-state index in [4.69, 9.17) is 11.5 Å². The van der Waals surface area contributed by atoms with E-state index in [0.717, 1.165) is 5.75 Å². The van der Waals surface area contributed by atoms with Gasteiger partial charge in [0, 0.05) is 0 Å². The minimum Gasteiger partial charge on any atom is -0.480 e. The minimum atomic E-state index is -1.15. The summed E-state index contributed by atoms with van der Waals surface area (Å²) in [5, 5.41) is 16.9. The van der Waals surface area contributed by atoms with Crippen LogP contribution in [0.2, 0.25) is 0 Å². The zero-order valence-electron chi connectivity index (χ0n) is 18.3. The largest absolute Gasteiger partial charge is 0.480 e. The van der Waals surface area contributed by atoms with Crippen molar-refractivity contribution in [1.82, 2.24) is 16.0 Å². The van der Waals surface area contributed by atoms with E-state index >= 15 is 0 Å². The summed E-state index contributed by atoms with van der Waals surface area (Å²) in [7, 11) is 0. The SMILES string of the molecule is CSCCC(N)C(=O)NC(C(=O)NC(C)C(=O)NC(CCCCN)C(=O)O)C(C)C. The summed E-state index contributed by atoms with van der Waals surface area (Å²) < 4.78 is 0. The molecule has 0 radical (unpaired) electrons. The van der Waals surface area contributed by atoms with E-state index in [1.54, 1.807) is 25.6 Å². The van der Waals surface area contributed by atoms with Gasteiger partial charge in [-0.3, -0.25) is 14.4 Å². The van der Waals surface area contributed by atoms with Crippen LogP contribution in [0.3, 0.4) is 0 Å². The highest BCUT2D eigenvalue weighted by molar-refractivity contribution is 7.98. The first-order valence-electron chi connectivity index (χ1n) is 10.1. The number of carbonyl (C=O) groups is 4. The molecule has 10 nitrogen and oxygen atoms in total. The van der Waals surface area contributed by atoms with Crippen LogP contribution in [-0.4, -0.2) is 71.5 Å². The minimum absolute atomic E-state index is 0.236. The second-order valence-electron chi connectivity index (χ2n) is 7.53. The van der Waals surface area contributed by atoms with Gasteiger partial charge in [-0.05, 0) is 57.1 Å². The highest BCUT2D eigenvalue weighted by Crippen LogP contribution is 2.06. The molecule has 0 saturated heterocycles. The van der Waals surface area contributed by atoms with Crippen LogP contribution in [0.15, 0.2) is 0 Å². The van der Waals surface area contributed by atoms with Crippen LogP contribution in [0.25, 0.3) is 0 Å². The van der Waals surface area contributed by atoms with E-state index in [1.165, 1.54) is 6.92 Å². The lowest BCUT2D eigenvalue weighted by molar-refractivity contribution is -0.142. The maximum absolute atomic E-state index is 12.6. The van der Waals surface area contributed by atoms with Crippen molar-refractivity contribution in [3.8, 4) is 0 Å². The molecule has 0 heterocycles. The molecule has 0 aromatic rings. The molecule has 0 aliphatic heterocycles. The first kappa shape index (κ1) is 28.1. The van der Waals surface area contributed by atoms with Crippen LogP contribution >= 0.6 is 11.8 Å². The molecular weight excluding hydrogens is 410 g/mol. The Balaban J connectivity index is 4.87. The number of nitrogens with two attached hydrogens (primary N) is 2. The zero-order valence-corrected chi connectivity index (χ0v) is 19.1. The van der Waals surface area contributed by atoms with Crippen LogP contribution in [0.4, 0.5) is 0 Å². The van der Waals surface area contributed by atoms with Gasteiger partial charge < -0.3 is 32.5 Å². The molecule has 4 atom stereocenters. The Morgan fingerprint density at radius 3 is 2.07 bits per heavy atom. The van der Waals surface area contributed by atoms with E-state index < -0.39 is 47.9 Å². The predicted molar refractivity (Wildman–Crippen MR) is 118 cm³/mol. The molecule has 0 aliphatic carbocycles. The first-order chi connectivity index (χ1) is 14.0. The maximum atomic E-state index is 12.6. The Bertz CT molecular complexity index is 576. The van der Waals surface area contributed by atoms with Gasteiger partial charge in [-0.25, -0.2) is 4.79 Å². The van der Waals surface area contributed by atoms with Crippen molar-refractivity contribution in [2.24, 2.45) is 17.4 Å². The normalized spacial score (nSPS) is 15.0. The summed E-state index contributed by atoms with van der Waals surface area (Å²) in [4.78, 5) is 48.6. The summed E-state index contributed by atoms with van der Waals surface area (Å²) in [6.07, 6.45) is 3.86. The monoisotopic (exact) mass is 447 g/mol. The molecule has 4 unspecified atom stereocenters. The average Bonchev–Trinajstić information content (AvgIpc) is 2.68. The van der Waals surface area contributed by atoms with E-state index in [2.05, 4.69) is 16.0 Å². The molecule has 0 spiro atoms. The van der Waals surface area contributed by atoms with Crippen LogP contribution in [0.1, 0.15) is 46.5 Å². The van der Waals surface area contributed by atoms with E-state index in [-0.39, 0.29) is 12.3 Å². The highest BCUT2D eigenvalue weighted by atomic mass is 32.2. The van der Waals surface area contributed by atoms with Crippen molar-refractivity contribution in [3.63, 3.8) is 0 Å². The number of rotatable bonds is 15. The summed E-state index contributed by atoms with van der Waals surface area (Å²) in [6.45, 7) is 5.42. The lowest BCUT2D eigenvalue weighted by Crippen LogP contribution is -2.57. The number of nitrogens with one attached hydrogen (secondary N) is 3. The van der Waals surface area contributed by atoms with E-state index in [1.807, 2.05) is 6.26 Å². The fraction of sp³-hybridized carbons (Fsp3) is 0.789. The van der Waals surface area contributed by atoms with Crippen molar-refractivity contribution in [3.05, 3.63) is 0 Å². The van der Waals surface area contributed by atoms with Crippen molar-refractivity contribution in [2.45, 2.75) is 70.6 Å². The Kier molecular flexibility index (Phi) is 14.1. The number of carbonyl (C=O) groups excluding carboxylic acids is 3. The molecule has 0 saturated carbocycles. The number of hydrogen-bond acceptors (Lipinski definition) is 7. The standard InChI is InChI=1S/C19H37N5O5S/c1-11(2)15(24-17(26)13(21)8-10-30-4)18(27)22-12(3)16(25)23-14(19(28)29)7-5-6-9-20/h11-15H,5-10,20-21H2,1-4H3,(H,22,27)(H,23,25)(H,24,26)(H,28,29). The molecule has 0 aromatic heterocycles. The van der Waals surface area contributed by atoms with Gasteiger partial charge in [0.2, 0.25) is 17.7 Å². The lowest BCUT2D eigenvalue weighted by Gasteiger charge is -2.25. The summed E-state index contributed by atoms with van der Waals surface area (Å²) in [5.41, 5.74) is 11.3. The number of carboxylic acid groups (broad SMARTS) is 1. The lowest BCUT2D eigenvalue weighted by atomic mass is 10.0. The fourth-order valence-corrected chi connectivity index (χ4v) is 3.08. The first-order valence-corrected chi connectivity index (χ1v) is 11.5. The van der Waals surface area contributed by atoms with Gasteiger partial charge in [-0.1, -0.05) is 13.8 Å². The van der Waals surface area contributed by atoms with Gasteiger partial charge in [0.1, 0.15) is 18.1 Å². The molecule has 174 valence electrons. The number of thioether (sulfide) groups is 1. The molecule has 8 N–H and O–H groups in total. The summed E-state index contributed by atoms with van der Waals surface area (Å²) in [5.74, 6) is -2.24. The van der Waals surface area contributed by atoms with E-state index in [0.29, 0.717) is 25.8 Å². The van der Waals surface area contributed by atoms with Crippen LogP contribution < -0.4 is 27.4 Å². The predicted octanol–water partition coefficient (Wildman–Crippen LogP) is -0.589. The maximum Gasteiger partial charge on any atom is 0.326 e. The van der Waals surface area contributed by atoms with Gasteiger partial charge >= 0.3 is 5.97 Å². The van der Waals surface area contributed by atoms with Crippen LogP contribution in [0, 0.1) is 5.92 Å². The molecule has 30 heavy (non-hydrogen) atoms. The van der Waals surface area contributed by atoms with Gasteiger partial charge in [0.25, 0.3) is 0 Å². The van der Waals surface area contributed by atoms with Crippen molar-refractivity contribution >= 4 is 35.5 Å². The number of unbranched alkanes of at least 4 members (excludes halogenated alkanes) is 1. The zero-order chi connectivity index (χ0) is 23.3. The van der Waals surface area contributed by atoms with Gasteiger partial charge in [-0.2, -0.15) is 11.8 Å². The topological polar surface area (TPSA) is 177 Å². The third kappa shape index (κ3) is 10.8. The number of hydrogen-bond donors (Lipinski definition) is 6. The Hall–Kier alpha value is -1.85. The number of aliphatic carboxylic acids is 1. The summed E-state index contributed by atoms with van der Waals surface area (Å²) in [6, 6.07) is -3.62. The Labute approximate surface area is 182 Å². The third-order valence-electron chi connectivity index (χ3n) is 4.53. The molecule has 0 fully saturated rings. The summed E-state index contributed by atoms with van der Waals surface area (Å²) >= 11 is 1.57. The van der Waals surface area contributed by atoms with Crippen LogP contribution in [0.5, 0.6) is 0 Å². The number of amides is 3. The molecular formula is C19H37N5O5S.